The van der Waals surface area contributed by atoms with Gasteiger partial charge in [0.15, 0.2) is 0 Å². The molecule has 122 valence electrons. The van der Waals surface area contributed by atoms with Gasteiger partial charge in [0.05, 0.1) is 6.10 Å². The van der Waals surface area contributed by atoms with Gasteiger partial charge in [-0.05, 0) is 43.4 Å². The van der Waals surface area contributed by atoms with Gasteiger partial charge >= 0.3 is 0 Å². The van der Waals surface area contributed by atoms with Crippen molar-refractivity contribution in [3.05, 3.63) is 41.9 Å². The third-order valence-electron chi connectivity index (χ3n) is 3.23. The van der Waals surface area contributed by atoms with Crippen molar-refractivity contribution >= 4 is 0 Å². The molecule has 22 heavy (non-hydrogen) atoms. The van der Waals surface area contributed by atoms with Crippen LogP contribution in [0.2, 0.25) is 0 Å². The Morgan fingerprint density at radius 2 is 1.64 bits per heavy atom. The van der Waals surface area contributed by atoms with Crippen LogP contribution in [0.1, 0.15) is 64.6 Å². The molecule has 0 saturated carbocycles. The summed E-state index contributed by atoms with van der Waals surface area (Å²) >= 11 is 0. The molecule has 4 heteroatoms. The molecule has 0 bridgehead atoms. The van der Waals surface area contributed by atoms with Crippen molar-refractivity contribution in [3.63, 3.8) is 0 Å². The Bertz CT molecular complexity index is 559. The van der Waals surface area contributed by atoms with E-state index in [4.69, 9.17) is 4.74 Å². The molecule has 0 atom stereocenters. The van der Waals surface area contributed by atoms with Crippen molar-refractivity contribution < 1.29 is 4.74 Å². The summed E-state index contributed by atoms with van der Waals surface area (Å²) in [6, 6.07) is 6.08. The SMILES string of the molecule is CC(C)Oc1cc(C(C)C)ccn1.CC(C)c1ccnn1C. The maximum absolute atomic E-state index is 5.49. The van der Waals surface area contributed by atoms with E-state index < -0.39 is 0 Å². The summed E-state index contributed by atoms with van der Waals surface area (Å²) in [5.74, 6) is 1.83. The highest BCUT2D eigenvalue weighted by atomic mass is 16.5. The van der Waals surface area contributed by atoms with Crippen LogP contribution < -0.4 is 4.74 Å². The molecule has 0 aromatic carbocycles. The summed E-state index contributed by atoms with van der Waals surface area (Å²) in [5.41, 5.74) is 2.56. The molecule has 2 heterocycles. The summed E-state index contributed by atoms with van der Waals surface area (Å²) in [7, 11) is 1.97. The maximum atomic E-state index is 5.49. The standard InChI is InChI=1S/C11H17NO.C7H12N2/c1-8(2)10-5-6-12-11(7-10)13-9(3)4;1-6(2)7-4-5-8-9(7)3/h5-9H,1-4H3;4-6H,1-3H3. The maximum Gasteiger partial charge on any atom is 0.213 e. The molecule has 0 spiro atoms. The fraction of sp³-hybridized carbons (Fsp3) is 0.556. The van der Waals surface area contributed by atoms with Crippen LogP contribution in [0.5, 0.6) is 5.88 Å². The van der Waals surface area contributed by atoms with Crippen molar-refractivity contribution in [2.75, 3.05) is 0 Å². The number of ether oxygens (including phenoxy) is 1. The molecule has 0 fully saturated rings. The van der Waals surface area contributed by atoms with Gasteiger partial charge < -0.3 is 4.74 Å². The first-order valence-corrected chi connectivity index (χ1v) is 7.91. The van der Waals surface area contributed by atoms with Gasteiger partial charge in [-0.15, -0.1) is 0 Å². The molecule has 2 aromatic rings. The number of rotatable bonds is 4. The van der Waals surface area contributed by atoms with Gasteiger partial charge in [0, 0.05) is 31.2 Å². The number of hydrogen-bond donors (Lipinski definition) is 0. The van der Waals surface area contributed by atoms with E-state index in [1.807, 2.05) is 50.0 Å². The fourth-order valence-electron chi connectivity index (χ4n) is 2.04. The lowest BCUT2D eigenvalue weighted by molar-refractivity contribution is 0.232. The van der Waals surface area contributed by atoms with E-state index in [0.717, 1.165) is 5.88 Å². The van der Waals surface area contributed by atoms with Gasteiger partial charge in [-0.25, -0.2) is 4.98 Å². The lowest BCUT2D eigenvalue weighted by Crippen LogP contribution is -2.07. The molecule has 0 unspecified atom stereocenters. The predicted molar refractivity (Wildman–Crippen MR) is 91.4 cm³/mol. The highest BCUT2D eigenvalue weighted by Crippen LogP contribution is 2.18. The molecule has 0 aliphatic carbocycles. The van der Waals surface area contributed by atoms with Gasteiger partial charge in [-0.2, -0.15) is 5.10 Å². The Morgan fingerprint density at radius 3 is 2.05 bits per heavy atom. The van der Waals surface area contributed by atoms with Crippen LogP contribution >= 0.6 is 0 Å². The second-order valence-corrected chi connectivity index (χ2v) is 6.28. The third-order valence-corrected chi connectivity index (χ3v) is 3.23. The summed E-state index contributed by atoms with van der Waals surface area (Å²) in [6.45, 7) is 12.7. The highest BCUT2D eigenvalue weighted by molar-refractivity contribution is 5.23. The molecular formula is C18H29N3O. The molecule has 2 aromatic heterocycles. The summed E-state index contributed by atoms with van der Waals surface area (Å²) < 4.78 is 7.40. The number of aromatic nitrogens is 3. The fourth-order valence-corrected chi connectivity index (χ4v) is 2.04. The second kappa shape index (κ2) is 8.57. The Balaban J connectivity index is 0.000000235. The van der Waals surface area contributed by atoms with Gasteiger partial charge in [0.2, 0.25) is 5.88 Å². The van der Waals surface area contributed by atoms with Gasteiger partial charge in [-0.1, -0.05) is 27.7 Å². The molecule has 0 saturated heterocycles. The zero-order valence-electron chi connectivity index (χ0n) is 14.9. The first-order chi connectivity index (χ1) is 10.3. The van der Waals surface area contributed by atoms with E-state index in [0.29, 0.717) is 11.8 Å². The quantitative estimate of drug-likeness (QED) is 0.832. The lowest BCUT2D eigenvalue weighted by Gasteiger charge is -2.10. The van der Waals surface area contributed by atoms with Crippen LogP contribution in [0.4, 0.5) is 0 Å². The highest BCUT2D eigenvalue weighted by Gasteiger charge is 2.03. The summed E-state index contributed by atoms with van der Waals surface area (Å²) in [4.78, 5) is 4.14. The molecule has 0 aliphatic rings. The van der Waals surface area contributed by atoms with Gasteiger partial charge in [0.25, 0.3) is 0 Å². The third kappa shape index (κ3) is 5.88. The zero-order valence-corrected chi connectivity index (χ0v) is 14.9. The Morgan fingerprint density at radius 1 is 0.955 bits per heavy atom. The molecule has 0 N–H and O–H groups in total. The molecule has 0 amide bonds. The topological polar surface area (TPSA) is 39.9 Å². The molecule has 0 aliphatic heterocycles. The monoisotopic (exact) mass is 303 g/mol. The van der Waals surface area contributed by atoms with E-state index in [1.165, 1.54) is 11.3 Å². The molecule has 2 rings (SSSR count). The molecular weight excluding hydrogens is 274 g/mol. The number of pyridine rings is 1. The largest absolute Gasteiger partial charge is 0.475 e. The smallest absolute Gasteiger partial charge is 0.213 e. The minimum Gasteiger partial charge on any atom is -0.475 e. The van der Waals surface area contributed by atoms with Crippen molar-refractivity contribution in [1.29, 1.82) is 0 Å². The van der Waals surface area contributed by atoms with E-state index in [9.17, 15) is 0 Å². The Hall–Kier alpha value is -1.84. The second-order valence-electron chi connectivity index (χ2n) is 6.28. The minimum absolute atomic E-state index is 0.190. The minimum atomic E-state index is 0.190. The average Bonchev–Trinajstić information content (AvgIpc) is 2.85. The van der Waals surface area contributed by atoms with Crippen LogP contribution in [-0.2, 0) is 7.05 Å². The van der Waals surface area contributed by atoms with Crippen molar-refractivity contribution in [1.82, 2.24) is 14.8 Å². The Kier molecular flexibility index (Phi) is 7.09. The van der Waals surface area contributed by atoms with E-state index in [2.05, 4.69) is 37.8 Å². The lowest BCUT2D eigenvalue weighted by atomic mass is 10.1. The van der Waals surface area contributed by atoms with E-state index >= 15 is 0 Å². The van der Waals surface area contributed by atoms with E-state index in [-0.39, 0.29) is 6.10 Å². The number of aryl methyl sites for hydroxylation is 1. The van der Waals surface area contributed by atoms with Gasteiger partial charge in [-0.3, -0.25) is 4.68 Å². The Labute approximate surface area is 134 Å². The number of nitrogens with zero attached hydrogens (tertiary/aromatic N) is 3. The van der Waals surface area contributed by atoms with Crippen LogP contribution in [0.25, 0.3) is 0 Å². The summed E-state index contributed by atoms with van der Waals surface area (Å²) in [6.07, 6.45) is 3.82. The van der Waals surface area contributed by atoms with Crippen LogP contribution in [0, 0.1) is 0 Å². The normalized spacial score (nSPS) is 10.8. The average molecular weight is 303 g/mol. The van der Waals surface area contributed by atoms with Gasteiger partial charge in [0.1, 0.15) is 0 Å². The number of hydrogen-bond acceptors (Lipinski definition) is 3. The van der Waals surface area contributed by atoms with Crippen molar-refractivity contribution in [2.24, 2.45) is 7.05 Å². The van der Waals surface area contributed by atoms with Crippen LogP contribution in [-0.4, -0.2) is 20.9 Å². The molecule has 0 radical (unpaired) electrons. The first kappa shape index (κ1) is 18.2. The van der Waals surface area contributed by atoms with Crippen LogP contribution in [0.15, 0.2) is 30.6 Å². The first-order valence-electron chi connectivity index (χ1n) is 7.91. The van der Waals surface area contributed by atoms with Crippen molar-refractivity contribution in [2.45, 2.75) is 59.5 Å². The van der Waals surface area contributed by atoms with E-state index in [1.54, 1.807) is 6.20 Å². The predicted octanol–water partition coefficient (Wildman–Crippen LogP) is 4.54. The van der Waals surface area contributed by atoms with Crippen LogP contribution in [0.3, 0.4) is 0 Å². The summed E-state index contributed by atoms with van der Waals surface area (Å²) in [5, 5.41) is 4.05. The van der Waals surface area contributed by atoms with Crippen molar-refractivity contribution in [3.8, 4) is 5.88 Å². The molecule has 4 nitrogen and oxygen atoms in total. The zero-order chi connectivity index (χ0) is 16.7.